The molecule has 0 aromatic heterocycles. The lowest BCUT2D eigenvalue weighted by atomic mass is 10.0. The second kappa shape index (κ2) is 6.56. The molecule has 0 N–H and O–H groups in total. The van der Waals surface area contributed by atoms with Crippen LogP contribution in [0.1, 0.15) is 31.7 Å². The molecule has 3 aliphatic rings. The van der Waals surface area contributed by atoms with E-state index < -0.39 is 10.2 Å². The predicted molar refractivity (Wildman–Crippen MR) is 98.9 cm³/mol. The predicted octanol–water partition coefficient (Wildman–Crippen LogP) is 1.68. The standard InChI is InChI=1S/C18H21N3O5S/c1-12-5-3-4-8-21(12)18(22)15-10-14(19-27(23,24)20(15)2)13-6-7-16-17(9-13)26-11-25-16/h6-7,9-10,12H,3-5,8,11H2,1-2H3. The number of likely N-dealkylation sites (tertiary alicyclic amines) is 1. The molecule has 0 aliphatic carbocycles. The van der Waals surface area contributed by atoms with E-state index >= 15 is 0 Å². The highest BCUT2D eigenvalue weighted by molar-refractivity contribution is 7.88. The summed E-state index contributed by atoms with van der Waals surface area (Å²) in [6.45, 7) is 2.74. The van der Waals surface area contributed by atoms with Crippen molar-refractivity contribution in [1.29, 1.82) is 0 Å². The summed E-state index contributed by atoms with van der Waals surface area (Å²) in [6.07, 6.45) is 4.44. The summed E-state index contributed by atoms with van der Waals surface area (Å²) < 4.78 is 40.5. The minimum Gasteiger partial charge on any atom is -0.454 e. The van der Waals surface area contributed by atoms with Gasteiger partial charge < -0.3 is 14.4 Å². The molecule has 1 aromatic carbocycles. The molecule has 0 radical (unpaired) electrons. The normalized spacial score (nSPS) is 23.7. The first-order valence-corrected chi connectivity index (χ1v) is 10.3. The minimum atomic E-state index is -3.99. The molecule has 9 heteroatoms. The van der Waals surface area contributed by atoms with Crippen molar-refractivity contribution in [3.8, 4) is 11.5 Å². The van der Waals surface area contributed by atoms with E-state index in [2.05, 4.69) is 4.40 Å². The van der Waals surface area contributed by atoms with Gasteiger partial charge in [0.05, 0.1) is 5.71 Å². The van der Waals surface area contributed by atoms with Gasteiger partial charge in [-0.3, -0.25) is 4.79 Å². The summed E-state index contributed by atoms with van der Waals surface area (Å²) in [4.78, 5) is 14.8. The van der Waals surface area contributed by atoms with E-state index in [1.165, 1.54) is 13.1 Å². The highest BCUT2D eigenvalue weighted by Crippen LogP contribution is 2.34. The van der Waals surface area contributed by atoms with Gasteiger partial charge in [-0.15, -0.1) is 4.40 Å². The van der Waals surface area contributed by atoms with Gasteiger partial charge in [0.2, 0.25) is 6.79 Å². The average Bonchev–Trinajstić information content (AvgIpc) is 3.11. The fourth-order valence-electron chi connectivity index (χ4n) is 3.49. The van der Waals surface area contributed by atoms with Crippen molar-refractivity contribution < 1.29 is 22.7 Å². The smallest absolute Gasteiger partial charge is 0.345 e. The van der Waals surface area contributed by atoms with Crippen LogP contribution in [0, 0.1) is 0 Å². The van der Waals surface area contributed by atoms with Crippen LogP contribution in [0.25, 0.3) is 0 Å². The van der Waals surface area contributed by atoms with E-state index in [1.807, 2.05) is 6.92 Å². The van der Waals surface area contributed by atoms with Gasteiger partial charge in [0.15, 0.2) is 11.5 Å². The van der Waals surface area contributed by atoms with E-state index in [9.17, 15) is 13.2 Å². The summed E-state index contributed by atoms with van der Waals surface area (Å²) in [5.41, 5.74) is 0.860. The number of ether oxygens (including phenoxy) is 2. The Balaban J connectivity index is 1.73. The molecule has 27 heavy (non-hydrogen) atoms. The van der Waals surface area contributed by atoms with E-state index in [0.717, 1.165) is 23.6 Å². The first kappa shape index (κ1) is 17.8. The SMILES string of the molecule is CC1CCCCN1C(=O)C1=CC(c2ccc3c(c2)OCO3)=NS(=O)(=O)N1C. The molecule has 4 rings (SSSR count). The van der Waals surface area contributed by atoms with Gasteiger partial charge >= 0.3 is 10.2 Å². The maximum absolute atomic E-state index is 13.1. The van der Waals surface area contributed by atoms with Crippen LogP contribution in [0.5, 0.6) is 11.5 Å². The largest absolute Gasteiger partial charge is 0.454 e. The Morgan fingerprint density at radius 2 is 2.00 bits per heavy atom. The second-order valence-electron chi connectivity index (χ2n) is 6.86. The van der Waals surface area contributed by atoms with E-state index in [1.54, 1.807) is 23.1 Å². The lowest BCUT2D eigenvalue weighted by molar-refractivity contribution is -0.131. The number of hydrogen-bond acceptors (Lipinski definition) is 5. The zero-order valence-electron chi connectivity index (χ0n) is 15.2. The second-order valence-corrected chi connectivity index (χ2v) is 8.49. The molecule has 8 nitrogen and oxygen atoms in total. The number of nitrogens with zero attached hydrogens (tertiary/aromatic N) is 3. The van der Waals surface area contributed by atoms with Gasteiger partial charge in [0.1, 0.15) is 5.70 Å². The van der Waals surface area contributed by atoms with Crippen molar-refractivity contribution in [2.24, 2.45) is 4.40 Å². The Kier molecular flexibility index (Phi) is 4.33. The first-order valence-electron chi connectivity index (χ1n) is 8.88. The lowest BCUT2D eigenvalue weighted by Crippen LogP contribution is -2.46. The van der Waals surface area contributed by atoms with Gasteiger partial charge in [-0.25, -0.2) is 4.31 Å². The average molecular weight is 391 g/mol. The van der Waals surface area contributed by atoms with E-state index in [4.69, 9.17) is 9.47 Å². The van der Waals surface area contributed by atoms with Crippen LogP contribution >= 0.6 is 0 Å². The molecule has 1 saturated heterocycles. The third-order valence-electron chi connectivity index (χ3n) is 5.12. The Hall–Kier alpha value is -2.55. The van der Waals surface area contributed by atoms with Gasteiger partial charge in [0, 0.05) is 25.2 Å². The Morgan fingerprint density at radius 1 is 1.22 bits per heavy atom. The van der Waals surface area contributed by atoms with Gasteiger partial charge in [-0.1, -0.05) is 0 Å². The molecule has 1 atom stereocenters. The fraction of sp³-hybridized carbons (Fsp3) is 0.444. The fourth-order valence-corrected chi connectivity index (χ4v) is 4.40. The molecule has 0 spiro atoms. The summed E-state index contributed by atoms with van der Waals surface area (Å²) in [5, 5.41) is 0. The Bertz CT molecular complexity index is 954. The van der Waals surface area contributed by atoms with Gasteiger partial charge in [-0.2, -0.15) is 8.42 Å². The molecule has 3 heterocycles. The minimum absolute atomic E-state index is 0.0797. The van der Waals surface area contributed by atoms with Crippen LogP contribution < -0.4 is 9.47 Å². The van der Waals surface area contributed by atoms with Gasteiger partial charge in [-0.05, 0) is 50.5 Å². The molecule has 0 saturated carbocycles. The summed E-state index contributed by atoms with van der Waals surface area (Å²) in [6, 6.07) is 5.16. The number of fused-ring (bicyclic) bond motifs is 1. The zero-order valence-corrected chi connectivity index (χ0v) is 16.0. The van der Waals surface area contributed by atoms with Crippen molar-refractivity contribution in [2.45, 2.75) is 32.2 Å². The van der Waals surface area contributed by atoms with Crippen LogP contribution in [-0.4, -0.2) is 55.7 Å². The lowest BCUT2D eigenvalue weighted by Gasteiger charge is -2.36. The zero-order chi connectivity index (χ0) is 19.2. The number of allylic oxidation sites excluding steroid dienone is 1. The van der Waals surface area contributed by atoms with Crippen LogP contribution in [-0.2, 0) is 15.0 Å². The van der Waals surface area contributed by atoms with Crippen molar-refractivity contribution in [3.63, 3.8) is 0 Å². The number of rotatable bonds is 2. The molecule has 0 bridgehead atoms. The monoisotopic (exact) mass is 391 g/mol. The third kappa shape index (κ3) is 3.16. The Morgan fingerprint density at radius 3 is 2.78 bits per heavy atom. The molecule has 1 amide bonds. The molecule has 144 valence electrons. The molecular formula is C18H21N3O5S. The third-order valence-corrected chi connectivity index (χ3v) is 6.44. The summed E-state index contributed by atoms with van der Waals surface area (Å²) in [7, 11) is -2.63. The maximum Gasteiger partial charge on any atom is 0.345 e. The van der Waals surface area contributed by atoms with Crippen molar-refractivity contribution >= 4 is 21.8 Å². The van der Waals surface area contributed by atoms with E-state index in [0.29, 0.717) is 23.6 Å². The first-order chi connectivity index (χ1) is 12.9. The number of amides is 1. The number of likely N-dealkylation sites (N-methyl/N-ethyl adjacent to an activating group) is 1. The number of carbonyl (C=O) groups excluding carboxylic acids is 1. The molecule has 1 unspecified atom stereocenters. The number of hydrogen-bond donors (Lipinski definition) is 0. The molecule has 1 fully saturated rings. The van der Waals surface area contributed by atoms with E-state index in [-0.39, 0.29) is 30.2 Å². The summed E-state index contributed by atoms with van der Waals surface area (Å²) >= 11 is 0. The molecular weight excluding hydrogens is 370 g/mol. The van der Waals surface area contributed by atoms with Gasteiger partial charge in [0.25, 0.3) is 5.91 Å². The quantitative estimate of drug-likeness (QED) is 0.765. The highest BCUT2D eigenvalue weighted by Gasteiger charge is 2.34. The number of piperidine rings is 1. The van der Waals surface area contributed by atoms with Crippen LogP contribution in [0.4, 0.5) is 0 Å². The number of carbonyl (C=O) groups is 1. The maximum atomic E-state index is 13.1. The highest BCUT2D eigenvalue weighted by atomic mass is 32.2. The Labute approximate surface area is 158 Å². The van der Waals surface area contributed by atoms with Crippen LogP contribution in [0.3, 0.4) is 0 Å². The van der Waals surface area contributed by atoms with Crippen molar-refractivity contribution in [2.75, 3.05) is 20.4 Å². The molecule has 1 aromatic rings. The van der Waals surface area contributed by atoms with Crippen molar-refractivity contribution in [3.05, 3.63) is 35.5 Å². The van der Waals surface area contributed by atoms with Crippen molar-refractivity contribution in [1.82, 2.24) is 9.21 Å². The topological polar surface area (TPSA) is 88.5 Å². The van der Waals surface area contributed by atoms with Crippen LogP contribution in [0.15, 0.2) is 34.4 Å². The summed E-state index contributed by atoms with van der Waals surface area (Å²) in [5.74, 6) is 0.830. The number of benzene rings is 1. The molecule has 3 aliphatic heterocycles. The van der Waals surface area contributed by atoms with Crippen LogP contribution in [0.2, 0.25) is 0 Å².